The molecule has 4 rings (SSSR count). The molecule has 3 aromatic rings. The standard InChI is InChI=1S/C19H22FN7O2/c1-12-11-27(8-9-29-12)18-15-10-22-26-17(15)24-16(25-18)13-2-4-14(5-3-13)23-19(28)21-7-6-20/h2-5,10,12H,6-9,11H2,1H3,(H2,21,23,28)(H,22,24,25,26). The van der Waals surface area contributed by atoms with E-state index in [-0.39, 0.29) is 12.6 Å². The highest BCUT2D eigenvalue weighted by molar-refractivity contribution is 5.90. The van der Waals surface area contributed by atoms with E-state index in [4.69, 9.17) is 9.72 Å². The van der Waals surface area contributed by atoms with Crippen molar-refractivity contribution < 1.29 is 13.9 Å². The minimum atomic E-state index is -0.607. The molecule has 1 aliphatic heterocycles. The SMILES string of the molecule is CC1CN(c2nc(-c3ccc(NC(=O)NCCF)cc3)nc3[nH]ncc23)CCO1. The summed E-state index contributed by atoms with van der Waals surface area (Å²) in [7, 11) is 0. The molecule has 0 aliphatic carbocycles. The summed E-state index contributed by atoms with van der Waals surface area (Å²) in [5.74, 6) is 1.38. The molecule has 0 saturated carbocycles. The molecule has 1 unspecified atom stereocenters. The van der Waals surface area contributed by atoms with Crippen LogP contribution >= 0.6 is 0 Å². The van der Waals surface area contributed by atoms with E-state index in [2.05, 4.69) is 30.7 Å². The number of nitrogens with one attached hydrogen (secondary N) is 3. The first-order valence-corrected chi connectivity index (χ1v) is 9.43. The lowest BCUT2D eigenvalue weighted by Gasteiger charge is -2.32. The van der Waals surface area contributed by atoms with Crippen LogP contribution in [0.2, 0.25) is 0 Å². The van der Waals surface area contributed by atoms with E-state index in [1.165, 1.54) is 0 Å². The molecule has 1 aliphatic rings. The molecule has 1 fully saturated rings. The number of hydrogen-bond acceptors (Lipinski definition) is 6. The molecule has 9 nitrogen and oxygen atoms in total. The van der Waals surface area contributed by atoms with Gasteiger partial charge in [-0.2, -0.15) is 5.10 Å². The van der Waals surface area contributed by atoms with E-state index in [1.54, 1.807) is 18.3 Å². The van der Waals surface area contributed by atoms with Crippen LogP contribution < -0.4 is 15.5 Å². The van der Waals surface area contributed by atoms with Crippen LogP contribution in [0.5, 0.6) is 0 Å². The number of benzene rings is 1. The number of ether oxygens (including phenoxy) is 1. The van der Waals surface area contributed by atoms with Crippen LogP contribution in [-0.2, 0) is 4.74 Å². The average molecular weight is 399 g/mol. The van der Waals surface area contributed by atoms with E-state index in [9.17, 15) is 9.18 Å². The van der Waals surface area contributed by atoms with E-state index >= 15 is 0 Å². The van der Waals surface area contributed by atoms with Gasteiger partial charge in [-0.15, -0.1) is 0 Å². The van der Waals surface area contributed by atoms with Crippen molar-refractivity contribution in [3.8, 4) is 11.4 Å². The Balaban J connectivity index is 1.60. The van der Waals surface area contributed by atoms with Crippen molar-refractivity contribution in [2.45, 2.75) is 13.0 Å². The second-order valence-corrected chi connectivity index (χ2v) is 6.78. The third-order valence-corrected chi connectivity index (χ3v) is 4.61. The minimum Gasteiger partial charge on any atom is -0.375 e. The minimum absolute atomic E-state index is 0.0229. The molecule has 1 aromatic carbocycles. The van der Waals surface area contributed by atoms with Gasteiger partial charge in [0.25, 0.3) is 0 Å². The van der Waals surface area contributed by atoms with Crippen LogP contribution in [0.4, 0.5) is 20.7 Å². The first-order chi connectivity index (χ1) is 14.1. The summed E-state index contributed by atoms with van der Waals surface area (Å²) in [5, 5.41) is 13.0. The summed E-state index contributed by atoms with van der Waals surface area (Å²) in [6.07, 6.45) is 1.86. The van der Waals surface area contributed by atoms with Gasteiger partial charge in [-0.05, 0) is 31.2 Å². The van der Waals surface area contributed by atoms with E-state index in [0.29, 0.717) is 23.8 Å². The molecule has 3 heterocycles. The molecule has 2 amide bonds. The van der Waals surface area contributed by atoms with Crippen LogP contribution in [0.15, 0.2) is 30.5 Å². The number of aromatic nitrogens is 4. The Kier molecular flexibility index (Phi) is 5.52. The molecular formula is C19H22FN7O2. The highest BCUT2D eigenvalue weighted by Gasteiger charge is 2.22. The lowest BCUT2D eigenvalue weighted by Crippen LogP contribution is -2.41. The van der Waals surface area contributed by atoms with E-state index < -0.39 is 12.7 Å². The number of anilines is 2. The normalized spacial score (nSPS) is 16.8. The lowest BCUT2D eigenvalue weighted by molar-refractivity contribution is 0.0530. The van der Waals surface area contributed by atoms with E-state index in [0.717, 1.165) is 29.9 Å². The predicted molar refractivity (Wildman–Crippen MR) is 108 cm³/mol. The molecule has 0 radical (unpaired) electrons. The number of carbonyl (C=O) groups is 1. The van der Waals surface area contributed by atoms with E-state index in [1.807, 2.05) is 19.1 Å². The summed E-state index contributed by atoms with van der Waals surface area (Å²) in [5.41, 5.74) is 2.06. The zero-order valence-corrected chi connectivity index (χ0v) is 16.0. The Morgan fingerprint density at radius 2 is 2.17 bits per heavy atom. The van der Waals surface area contributed by atoms with Gasteiger partial charge >= 0.3 is 6.03 Å². The van der Waals surface area contributed by atoms with Gasteiger partial charge in [0.1, 0.15) is 12.5 Å². The maximum Gasteiger partial charge on any atom is 0.319 e. The zero-order valence-electron chi connectivity index (χ0n) is 16.0. The van der Waals surface area contributed by atoms with Crippen molar-refractivity contribution >= 4 is 28.6 Å². The van der Waals surface area contributed by atoms with Crippen LogP contribution in [-0.4, -0.2) is 65.2 Å². The number of urea groups is 1. The zero-order chi connectivity index (χ0) is 20.2. The first kappa shape index (κ1) is 19.1. The summed E-state index contributed by atoms with van der Waals surface area (Å²) in [4.78, 5) is 23.2. The quantitative estimate of drug-likeness (QED) is 0.608. The molecule has 3 N–H and O–H groups in total. The van der Waals surface area contributed by atoms with Gasteiger partial charge in [0, 0.05) is 30.9 Å². The third kappa shape index (κ3) is 4.27. The molecule has 152 valence electrons. The molecular weight excluding hydrogens is 377 g/mol. The number of halogens is 1. The maximum atomic E-state index is 12.1. The Morgan fingerprint density at radius 1 is 1.34 bits per heavy atom. The molecule has 0 spiro atoms. The summed E-state index contributed by atoms with van der Waals surface area (Å²) in [6.45, 7) is 3.54. The third-order valence-electron chi connectivity index (χ3n) is 4.61. The fourth-order valence-electron chi connectivity index (χ4n) is 3.24. The fourth-order valence-corrected chi connectivity index (χ4v) is 3.24. The Hall–Kier alpha value is -3.27. The van der Waals surface area contributed by atoms with Crippen LogP contribution in [0.3, 0.4) is 0 Å². The number of carbonyl (C=O) groups excluding carboxylic acids is 1. The van der Waals surface area contributed by atoms with Gasteiger partial charge in [0.2, 0.25) is 0 Å². The molecule has 1 atom stereocenters. The fraction of sp³-hybridized carbons (Fsp3) is 0.368. The molecule has 2 aromatic heterocycles. The number of morpholine rings is 1. The summed E-state index contributed by atoms with van der Waals surface area (Å²) >= 11 is 0. The predicted octanol–water partition coefficient (Wildman–Crippen LogP) is 2.34. The Morgan fingerprint density at radius 3 is 2.93 bits per heavy atom. The number of H-pyrrole nitrogens is 1. The number of aromatic amines is 1. The van der Waals surface area contributed by atoms with Gasteiger partial charge in [0.15, 0.2) is 11.5 Å². The first-order valence-electron chi connectivity index (χ1n) is 9.43. The number of fused-ring (bicyclic) bond motifs is 1. The van der Waals surface area contributed by atoms with Gasteiger partial charge in [-0.25, -0.2) is 19.2 Å². The number of rotatable bonds is 5. The topological polar surface area (TPSA) is 108 Å². The van der Waals surface area contributed by atoms with Gasteiger partial charge in [0.05, 0.1) is 24.3 Å². The molecule has 29 heavy (non-hydrogen) atoms. The van der Waals surface area contributed by atoms with Crippen LogP contribution in [0.25, 0.3) is 22.4 Å². The van der Waals surface area contributed by atoms with Crippen LogP contribution in [0, 0.1) is 0 Å². The lowest BCUT2D eigenvalue weighted by atomic mass is 10.2. The Labute approximate surface area is 166 Å². The van der Waals surface area contributed by atoms with Gasteiger partial charge in [-0.1, -0.05) is 0 Å². The monoisotopic (exact) mass is 399 g/mol. The Bertz CT molecular complexity index is 992. The molecule has 0 bridgehead atoms. The van der Waals surface area contributed by atoms with Gasteiger partial charge < -0.3 is 20.3 Å². The van der Waals surface area contributed by atoms with Crippen molar-refractivity contribution in [1.29, 1.82) is 0 Å². The largest absolute Gasteiger partial charge is 0.375 e. The van der Waals surface area contributed by atoms with Gasteiger partial charge in [-0.3, -0.25) is 5.10 Å². The van der Waals surface area contributed by atoms with Crippen molar-refractivity contribution in [2.24, 2.45) is 0 Å². The van der Waals surface area contributed by atoms with Crippen molar-refractivity contribution in [3.63, 3.8) is 0 Å². The number of amides is 2. The highest BCUT2D eigenvalue weighted by Crippen LogP contribution is 2.28. The molecule has 1 saturated heterocycles. The summed E-state index contributed by atoms with van der Waals surface area (Å²) in [6, 6.07) is 6.71. The maximum absolute atomic E-state index is 12.1. The number of hydrogen-bond donors (Lipinski definition) is 3. The van der Waals surface area contributed by atoms with Crippen molar-refractivity contribution in [3.05, 3.63) is 30.5 Å². The van der Waals surface area contributed by atoms with Crippen molar-refractivity contribution in [2.75, 3.05) is 43.1 Å². The molecule has 10 heteroatoms. The summed E-state index contributed by atoms with van der Waals surface area (Å²) < 4.78 is 17.8. The smallest absolute Gasteiger partial charge is 0.319 e. The highest BCUT2D eigenvalue weighted by atomic mass is 19.1. The second-order valence-electron chi connectivity index (χ2n) is 6.78. The number of alkyl halides is 1. The average Bonchev–Trinajstić information content (AvgIpc) is 3.21. The van der Waals surface area contributed by atoms with Crippen molar-refractivity contribution in [1.82, 2.24) is 25.5 Å². The van der Waals surface area contributed by atoms with Crippen LogP contribution in [0.1, 0.15) is 6.92 Å². The second kappa shape index (κ2) is 8.39. The number of nitrogens with zero attached hydrogens (tertiary/aromatic N) is 4.